The van der Waals surface area contributed by atoms with Crippen molar-refractivity contribution in [1.29, 1.82) is 0 Å². The summed E-state index contributed by atoms with van der Waals surface area (Å²) in [6.07, 6.45) is 3.67. The van der Waals surface area contributed by atoms with E-state index in [1.165, 1.54) is 17.4 Å². The summed E-state index contributed by atoms with van der Waals surface area (Å²) in [7, 11) is 1.86. The fraction of sp³-hybridized carbons (Fsp3) is 0.143. The Morgan fingerprint density at radius 1 is 1.35 bits per heavy atom. The number of benzene rings is 1. The van der Waals surface area contributed by atoms with Gasteiger partial charge >= 0.3 is 0 Å². The topological polar surface area (TPSA) is 39.9 Å². The Labute approximate surface area is 119 Å². The number of para-hydroxylation sites is 1. The van der Waals surface area contributed by atoms with Crippen LogP contribution in [0.5, 0.6) is 5.75 Å². The maximum Gasteiger partial charge on any atom is 0.165 e. The van der Waals surface area contributed by atoms with Crippen LogP contribution in [0, 0.1) is 5.82 Å². The molecule has 102 valence electrons. The molecule has 0 aliphatic carbocycles. The van der Waals surface area contributed by atoms with Crippen LogP contribution in [-0.2, 0) is 13.7 Å². The van der Waals surface area contributed by atoms with Gasteiger partial charge in [0.1, 0.15) is 11.6 Å². The number of rotatable bonds is 4. The van der Waals surface area contributed by atoms with Crippen molar-refractivity contribution in [3.8, 4) is 16.3 Å². The van der Waals surface area contributed by atoms with Crippen LogP contribution in [0.4, 0.5) is 4.39 Å². The Morgan fingerprint density at radius 3 is 2.95 bits per heavy atom. The molecule has 0 saturated heterocycles. The summed E-state index contributed by atoms with van der Waals surface area (Å²) >= 11 is 1.52. The van der Waals surface area contributed by atoms with Gasteiger partial charge in [0, 0.05) is 24.2 Å². The van der Waals surface area contributed by atoms with Gasteiger partial charge in [0.25, 0.3) is 0 Å². The number of ether oxygens (including phenoxy) is 1. The average molecular weight is 289 g/mol. The Hall–Kier alpha value is -2.21. The summed E-state index contributed by atoms with van der Waals surface area (Å²) in [5, 5.41) is 6.90. The molecule has 0 radical (unpaired) electrons. The number of halogens is 1. The van der Waals surface area contributed by atoms with Gasteiger partial charge in [-0.1, -0.05) is 12.1 Å². The van der Waals surface area contributed by atoms with Crippen LogP contribution in [-0.4, -0.2) is 14.8 Å². The largest absolute Gasteiger partial charge is 0.484 e. The first-order valence-corrected chi connectivity index (χ1v) is 6.91. The van der Waals surface area contributed by atoms with E-state index >= 15 is 0 Å². The molecule has 0 aliphatic heterocycles. The summed E-state index contributed by atoms with van der Waals surface area (Å²) < 4.78 is 20.6. The molecule has 2 heterocycles. The van der Waals surface area contributed by atoms with Gasteiger partial charge in [0.15, 0.2) is 11.6 Å². The van der Waals surface area contributed by atoms with Crippen LogP contribution < -0.4 is 4.74 Å². The number of hydrogen-bond donors (Lipinski definition) is 0. The van der Waals surface area contributed by atoms with E-state index in [9.17, 15) is 4.39 Å². The summed E-state index contributed by atoms with van der Waals surface area (Å²) in [5.41, 5.74) is 1.74. The van der Waals surface area contributed by atoms with E-state index in [0.717, 1.165) is 16.3 Å². The van der Waals surface area contributed by atoms with E-state index < -0.39 is 0 Å². The number of nitrogens with zero attached hydrogens (tertiary/aromatic N) is 3. The molecule has 0 fully saturated rings. The minimum absolute atomic E-state index is 0.239. The zero-order valence-corrected chi connectivity index (χ0v) is 11.6. The second-order valence-electron chi connectivity index (χ2n) is 4.27. The van der Waals surface area contributed by atoms with Gasteiger partial charge < -0.3 is 4.74 Å². The first-order valence-electron chi connectivity index (χ1n) is 6.03. The molecule has 3 aromatic rings. The number of hydrogen-bond acceptors (Lipinski definition) is 4. The molecule has 0 atom stereocenters. The minimum atomic E-state index is -0.366. The average Bonchev–Trinajstić information content (AvgIpc) is 3.06. The SMILES string of the molecule is Cn1cc(-c2nc(COc3ccccc3F)cs2)cn1. The molecule has 2 aromatic heterocycles. The minimum Gasteiger partial charge on any atom is -0.484 e. The van der Waals surface area contributed by atoms with E-state index in [-0.39, 0.29) is 18.2 Å². The van der Waals surface area contributed by atoms with Gasteiger partial charge in [-0.15, -0.1) is 11.3 Å². The summed E-state index contributed by atoms with van der Waals surface area (Å²) in [6, 6.07) is 6.34. The predicted molar refractivity (Wildman–Crippen MR) is 75.0 cm³/mol. The van der Waals surface area contributed by atoms with Gasteiger partial charge in [0.05, 0.1) is 11.9 Å². The molecule has 6 heteroatoms. The van der Waals surface area contributed by atoms with Gasteiger partial charge in [-0.3, -0.25) is 4.68 Å². The molecule has 0 aliphatic rings. The lowest BCUT2D eigenvalue weighted by Gasteiger charge is -2.04. The first-order chi connectivity index (χ1) is 9.72. The van der Waals surface area contributed by atoms with E-state index in [0.29, 0.717) is 0 Å². The van der Waals surface area contributed by atoms with Crippen molar-refractivity contribution in [2.24, 2.45) is 7.05 Å². The Morgan fingerprint density at radius 2 is 2.20 bits per heavy atom. The van der Waals surface area contributed by atoms with Gasteiger partial charge in [0.2, 0.25) is 0 Å². The van der Waals surface area contributed by atoms with Crippen LogP contribution in [0.2, 0.25) is 0 Å². The fourth-order valence-electron chi connectivity index (χ4n) is 1.75. The molecule has 4 nitrogen and oxygen atoms in total. The standard InChI is InChI=1S/C14H12FN3OS/c1-18-7-10(6-16-18)14-17-11(9-20-14)8-19-13-5-3-2-4-12(13)15/h2-7,9H,8H2,1H3. The quantitative estimate of drug-likeness (QED) is 0.740. The molecule has 3 rings (SSSR count). The highest BCUT2D eigenvalue weighted by molar-refractivity contribution is 7.13. The summed E-state index contributed by atoms with van der Waals surface area (Å²) in [4.78, 5) is 4.46. The highest BCUT2D eigenvalue weighted by atomic mass is 32.1. The highest BCUT2D eigenvalue weighted by Crippen LogP contribution is 2.24. The molecule has 0 N–H and O–H groups in total. The third-order valence-corrected chi connectivity index (χ3v) is 3.66. The van der Waals surface area contributed by atoms with Gasteiger partial charge in [-0.25, -0.2) is 9.37 Å². The normalized spacial score (nSPS) is 10.7. The van der Waals surface area contributed by atoms with E-state index in [2.05, 4.69) is 10.1 Å². The van der Waals surface area contributed by atoms with Crippen molar-refractivity contribution in [2.45, 2.75) is 6.61 Å². The van der Waals surface area contributed by atoms with E-state index in [1.807, 2.05) is 18.6 Å². The first kappa shape index (κ1) is 12.8. The molecule has 20 heavy (non-hydrogen) atoms. The second kappa shape index (κ2) is 5.42. The van der Waals surface area contributed by atoms with Crippen LogP contribution in [0.15, 0.2) is 42.0 Å². The second-order valence-corrected chi connectivity index (χ2v) is 5.12. The van der Waals surface area contributed by atoms with Crippen molar-refractivity contribution in [3.05, 3.63) is 53.6 Å². The molecule has 0 spiro atoms. The molecular weight excluding hydrogens is 277 g/mol. The van der Waals surface area contributed by atoms with Gasteiger partial charge in [-0.05, 0) is 12.1 Å². The van der Waals surface area contributed by atoms with Crippen LogP contribution in [0.1, 0.15) is 5.69 Å². The van der Waals surface area contributed by atoms with Crippen molar-refractivity contribution in [1.82, 2.24) is 14.8 Å². The maximum atomic E-state index is 13.4. The van der Waals surface area contributed by atoms with Crippen LogP contribution in [0.3, 0.4) is 0 Å². The molecular formula is C14H12FN3OS. The van der Waals surface area contributed by atoms with Crippen molar-refractivity contribution >= 4 is 11.3 Å². The third-order valence-electron chi connectivity index (χ3n) is 2.72. The lowest BCUT2D eigenvalue weighted by atomic mass is 10.3. The molecule has 0 bridgehead atoms. The smallest absolute Gasteiger partial charge is 0.165 e. The summed E-state index contributed by atoms with van der Waals surface area (Å²) in [5.74, 6) is -0.126. The lowest BCUT2D eigenvalue weighted by Crippen LogP contribution is -1.97. The van der Waals surface area contributed by atoms with Crippen molar-refractivity contribution in [2.75, 3.05) is 0 Å². The number of aromatic nitrogens is 3. The van der Waals surface area contributed by atoms with E-state index in [4.69, 9.17) is 4.74 Å². The monoisotopic (exact) mass is 289 g/mol. The van der Waals surface area contributed by atoms with Crippen LogP contribution >= 0.6 is 11.3 Å². The zero-order chi connectivity index (χ0) is 13.9. The predicted octanol–water partition coefficient (Wildman–Crippen LogP) is 3.26. The Kier molecular flexibility index (Phi) is 3.47. The lowest BCUT2D eigenvalue weighted by molar-refractivity contribution is 0.287. The molecule has 0 amide bonds. The highest BCUT2D eigenvalue weighted by Gasteiger charge is 2.08. The number of thiazole rings is 1. The fourth-order valence-corrected chi connectivity index (χ4v) is 2.53. The molecule has 1 aromatic carbocycles. The van der Waals surface area contributed by atoms with Crippen LogP contribution in [0.25, 0.3) is 10.6 Å². The maximum absolute atomic E-state index is 13.4. The third kappa shape index (κ3) is 2.70. The Balaban J connectivity index is 1.70. The molecule has 0 saturated carbocycles. The van der Waals surface area contributed by atoms with Crippen molar-refractivity contribution in [3.63, 3.8) is 0 Å². The van der Waals surface area contributed by atoms with Crippen molar-refractivity contribution < 1.29 is 9.13 Å². The van der Waals surface area contributed by atoms with Gasteiger partial charge in [-0.2, -0.15) is 5.10 Å². The number of aryl methyl sites for hydroxylation is 1. The summed E-state index contributed by atoms with van der Waals surface area (Å²) in [6.45, 7) is 0.248. The zero-order valence-electron chi connectivity index (χ0n) is 10.8. The Bertz CT molecular complexity index is 723. The molecule has 0 unspecified atom stereocenters. The van der Waals surface area contributed by atoms with E-state index in [1.54, 1.807) is 29.1 Å².